The quantitative estimate of drug-likeness (QED) is 0.855. The maximum atomic E-state index is 11.7. The number of nitrogens with zero attached hydrogens (tertiary/aromatic N) is 1. The van der Waals surface area contributed by atoms with Crippen LogP contribution in [0.25, 0.3) is 0 Å². The van der Waals surface area contributed by atoms with E-state index in [1.54, 1.807) is 0 Å². The van der Waals surface area contributed by atoms with Crippen LogP contribution in [-0.2, 0) is 23.2 Å². The van der Waals surface area contributed by atoms with E-state index < -0.39 is 5.97 Å². The third-order valence-corrected chi connectivity index (χ3v) is 4.14. The highest BCUT2D eigenvalue weighted by atomic mass is 32.1. The third-order valence-electron chi connectivity index (χ3n) is 3.10. The molecule has 5 heteroatoms. The highest BCUT2D eigenvalue weighted by Crippen LogP contribution is 2.37. The lowest BCUT2D eigenvalue weighted by Crippen LogP contribution is -2.31. The predicted molar refractivity (Wildman–Crippen MR) is 62.2 cm³/mol. The molecule has 0 fully saturated rings. The first-order valence-electron chi connectivity index (χ1n) is 5.36. The Morgan fingerprint density at radius 2 is 2.25 bits per heavy atom. The summed E-state index contributed by atoms with van der Waals surface area (Å²) in [6.07, 6.45) is 2.99. The van der Waals surface area contributed by atoms with Crippen molar-refractivity contribution in [3.8, 4) is 0 Å². The Bertz CT molecular complexity index is 484. The molecule has 0 saturated heterocycles. The Hall–Kier alpha value is -1.10. The van der Waals surface area contributed by atoms with E-state index in [0.717, 1.165) is 29.8 Å². The molecule has 88 valence electrons. The van der Waals surface area contributed by atoms with Gasteiger partial charge in [-0.3, -0.25) is 14.2 Å². The summed E-state index contributed by atoms with van der Waals surface area (Å²) in [6.45, 7) is 3.94. The second-order valence-corrected chi connectivity index (χ2v) is 5.90. The molecule has 1 heterocycles. The predicted octanol–water partition coefficient (Wildman–Crippen LogP) is 1.61. The van der Waals surface area contributed by atoms with Crippen LogP contribution in [0.15, 0.2) is 4.79 Å². The van der Waals surface area contributed by atoms with Gasteiger partial charge in [-0.15, -0.1) is 0 Å². The normalized spacial score (nSPS) is 18.1. The lowest BCUT2D eigenvalue weighted by atomic mass is 9.78. The van der Waals surface area contributed by atoms with Gasteiger partial charge in [0.2, 0.25) is 0 Å². The summed E-state index contributed by atoms with van der Waals surface area (Å²) < 4.78 is 1.43. The van der Waals surface area contributed by atoms with E-state index in [1.165, 1.54) is 15.9 Å². The van der Waals surface area contributed by atoms with Gasteiger partial charge in [-0.25, -0.2) is 0 Å². The van der Waals surface area contributed by atoms with Crippen LogP contribution in [0, 0.1) is 0 Å². The zero-order chi connectivity index (χ0) is 11.9. The fourth-order valence-electron chi connectivity index (χ4n) is 2.45. The summed E-state index contributed by atoms with van der Waals surface area (Å²) in [6, 6.07) is 0. The number of carboxylic acids is 1. The Morgan fingerprint density at radius 3 is 2.88 bits per heavy atom. The standard InChI is InChI=1S/C11H15NO3S/c1-11(2)5-3-4-7-9(11)12(6-8(13)14)10(15)16-7/h3-6H2,1-2H3,(H,13,14). The largest absolute Gasteiger partial charge is 0.480 e. The van der Waals surface area contributed by atoms with Gasteiger partial charge in [-0.1, -0.05) is 25.2 Å². The van der Waals surface area contributed by atoms with E-state index >= 15 is 0 Å². The van der Waals surface area contributed by atoms with Crippen LogP contribution in [0.5, 0.6) is 0 Å². The van der Waals surface area contributed by atoms with Gasteiger partial charge in [0.25, 0.3) is 0 Å². The van der Waals surface area contributed by atoms with Crippen molar-refractivity contribution in [2.24, 2.45) is 0 Å². The Kier molecular flexibility index (Phi) is 2.66. The molecule has 0 amide bonds. The van der Waals surface area contributed by atoms with Crippen molar-refractivity contribution >= 4 is 17.3 Å². The maximum Gasteiger partial charge on any atom is 0.323 e. The maximum absolute atomic E-state index is 11.7. The molecule has 0 aromatic carbocycles. The molecule has 1 aromatic rings. The van der Waals surface area contributed by atoms with Crippen LogP contribution in [0.4, 0.5) is 0 Å². The fraction of sp³-hybridized carbons (Fsp3) is 0.636. The van der Waals surface area contributed by atoms with Crippen molar-refractivity contribution in [2.45, 2.75) is 45.1 Å². The zero-order valence-electron chi connectivity index (χ0n) is 9.45. The van der Waals surface area contributed by atoms with Crippen LogP contribution >= 0.6 is 11.3 Å². The number of thiazole rings is 1. The number of hydrogen-bond acceptors (Lipinski definition) is 3. The van der Waals surface area contributed by atoms with E-state index in [9.17, 15) is 9.59 Å². The average Bonchev–Trinajstić information content (AvgIpc) is 2.42. The van der Waals surface area contributed by atoms with E-state index in [2.05, 4.69) is 13.8 Å². The molecule has 0 spiro atoms. The van der Waals surface area contributed by atoms with Gasteiger partial charge in [0.1, 0.15) is 6.54 Å². The number of carboxylic acid groups (broad SMARTS) is 1. The molecule has 0 bridgehead atoms. The number of aromatic nitrogens is 1. The second-order valence-electron chi connectivity index (χ2n) is 4.86. The van der Waals surface area contributed by atoms with Crippen LogP contribution in [0.2, 0.25) is 0 Å². The zero-order valence-corrected chi connectivity index (χ0v) is 10.3. The van der Waals surface area contributed by atoms with Crippen molar-refractivity contribution in [1.82, 2.24) is 4.57 Å². The summed E-state index contributed by atoms with van der Waals surface area (Å²) >= 11 is 1.21. The van der Waals surface area contributed by atoms with Crippen molar-refractivity contribution in [2.75, 3.05) is 0 Å². The topological polar surface area (TPSA) is 59.3 Å². The minimum Gasteiger partial charge on any atom is -0.480 e. The first kappa shape index (κ1) is 11.4. The Morgan fingerprint density at radius 1 is 1.56 bits per heavy atom. The summed E-state index contributed by atoms with van der Waals surface area (Å²) in [4.78, 5) is 23.4. The lowest BCUT2D eigenvalue weighted by molar-refractivity contribution is -0.137. The van der Waals surface area contributed by atoms with Crippen LogP contribution < -0.4 is 4.87 Å². The van der Waals surface area contributed by atoms with Gasteiger partial charge in [0.05, 0.1) is 0 Å². The van der Waals surface area contributed by atoms with Gasteiger partial charge in [-0.2, -0.15) is 0 Å². The molecule has 2 rings (SSSR count). The Labute approximate surface area is 97.5 Å². The van der Waals surface area contributed by atoms with E-state index in [4.69, 9.17) is 5.11 Å². The van der Waals surface area contributed by atoms with Gasteiger partial charge in [0.15, 0.2) is 0 Å². The first-order chi connectivity index (χ1) is 7.42. The summed E-state index contributed by atoms with van der Waals surface area (Å²) in [5, 5.41) is 8.83. The first-order valence-corrected chi connectivity index (χ1v) is 6.18. The van der Waals surface area contributed by atoms with Gasteiger partial charge in [0, 0.05) is 16.0 Å². The fourth-order valence-corrected chi connectivity index (χ4v) is 3.66. The molecule has 1 N–H and O–H groups in total. The van der Waals surface area contributed by atoms with Gasteiger partial charge < -0.3 is 5.11 Å². The minimum absolute atomic E-state index is 0.0812. The van der Waals surface area contributed by atoms with E-state index in [0.29, 0.717) is 0 Å². The summed E-state index contributed by atoms with van der Waals surface area (Å²) in [5.74, 6) is -0.955. The van der Waals surface area contributed by atoms with Crippen LogP contribution in [0.1, 0.15) is 37.3 Å². The van der Waals surface area contributed by atoms with Gasteiger partial charge >= 0.3 is 10.8 Å². The molecule has 4 nitrogen and oxygen atoms in total. The molecule has 0 aliphatic heterocycles. The average molecular weight is 241 g/mol. The summed E-state index contributed by atoms with van der Waals surface area (Å²) in [5.41, 5.74) is 0.860. The third kappa shape index (κ3) is 1.80. The van der Waals surface area contributed by atoms with Gasteiger partial charge in [-0.05, 0) is 19.3 Å². The molecule has 1 aliphatic rings. The highest BCUT2D eigenvalue weighted by molar-refractivity contribution is 7.09. The SMILES string of the molecule is CC1(C)CCCc2sc(=O)n(CC(=O)O)c21. The number of aliphatic carboxylic acids is 1. The molecule has 1 aromatic heterocycles. The minimum atomic E-state index is -0.955. The molecule has 0 unspecified atom stereocenters. The van der Waals surface area contributed by atoms with E-state index in [-0.39, 0.29) is 16.8 Å². The second kappa shape index (κ2) is 3.73. The molecule has 16 heavy (non-hydrogen) atoms. The van der Waals surface area contributed by atoms with Crippen molar-refractivity contribution < 1.29 is 9.90 Å². The molecule has 1 aliphatic carbocycles. The van der Waals surface area contributed by atoms with Crippen molar-refractivity contribution in [1.29, 1.82) is 0 Å². The van der Waals surface area contributed by atoms with Crippen LogP contribution in [0.3, 0.4) is 0 Å². The Balaban J connectivity index is 2.57. The summed E-state index contributed by atoms with van der Waals surface area (Å²) in [7, 11) is 0. The van der Waals surface area contributed by atoms with E-state index in [1.807, 2.05) is 0 Å². The number of aryl methyl sites for hydroxylation is 1. The smallest absolute Gasteiger partial charge is 0.323 e. The molecule has 0 saturated carbocycles. The van der Waals surface area contributed by atoms with Crippen molar-refractivity contribution in [3.63, 3.8) is 0 Å². The van der Waals surface area contributed by atoms with Crippen molar-refractivity contribution in [3.05, 3.63) is 20.2 Å². The number of fused-ring (bicyclic) bond motifs is 1. The number of hydrogen-bond donors (Lipinski definition) is 1. The molecule has 0 radical (unpaired) electrons. The molecular formula is C11H15NO3S. The van der Waals surface area contributed by atoms with Crippen LogP contribution in [-0.4, -0.2) is 15.6 Å². The molecule has 0 atom stereocenters. The monoisotopic (exact) mass is 241 g/mol. The number of rotatable bonds is 2. The number of carbonyl (C=O) groups is 1. The molecular weight excluding hydrogens is 226 g/mol. The highest BCUT2D eigenvalue weighted by Gasteiger charge is 2.33. The lowest BCUT2D eigenvalue weighted by Gasteiger charge is -2.30.